The van der Waals surface area contributed by atoms with Crippen LogP contribution in [0.25, 0.3) is 0 Å². The molecule has 2 aromatic rings. The number of hydrogen-bond donors (Lipinski definition) is 2. The topological polar surface area (TPSA) is 96.8 Å². The molecule has 0 fully saturated rings. The number of carbonyl (C=O) groups excluding carboxylic acids is 1. The Morgan fingerprint density at radius 1 is 0.957 bits per heavy atom. The molecule has 0 amide bonds. The molecule has 0 aromatic heterocycles. The number of carbonyl (C=O) groups is 1. The molecule has 6 nitrogen and oxygen atoms in total. The van der Waals surface area contributed by atoms with Crippen molar-refractivity contribution in [2.45, 2.75) is 13.0 Å². The number of ether oxygens (including phenoxy) is 3. The lowest BCUT2D eigenvalue weighted by Gasteiger charge is -2.20. The van der Waals surface area contributed by atoms with Gasteiger partial charge in [-0.15, -0.1) is 0 Å². The molecular formula is C17H20N2O4. The van der Waals surface area contributed by atoms with E-state index in [1.165, 1.54) is 6.92 Å². The molecule has 0 aliphatic heterocycles. The summed E-state index contributed by atoms with van der Waals surface area (Å²) in [7, 11) is 0. The number of nitrogens with two attached hydrogens (primary N) is 2. The van der Waals surface area contributed by atoms with Gasteiger partial charge in [-0.25, -0.2) is 0 Å². The lowest BCUT2D eigenvalue weighted by atomic mass is 10.3. The average molecular weight is 316 g/mol. The van der Waals surface area contributed by atoms with E-state index in [0.29, 0.717) is 22.9 Å². The van der Waals surface area contributed by atoms with Gasteiger partial charge in [0.1, 0.15) is 24.7 Å². The van der Waals surface area contributed by atoms with E-state index in [0.717, 1.165) is 0 Å². The van der Waals surface area contributed by atoms with Crippen LogP contribution in [0.4, 0.5) is 11.4 Å². The summed E-state index contributed by atoms with van der Waals surface area (Å²) in [5, 5.41) is 0. The van der Waals surface area contributed by atoms with Gasteiger partial charge in [0.2, 0.25) is 0 Å². The van der Waals surface area contributed by atoms with Crippen molar-refractivity contribution in [3.05, 3.63) is 48.5 Å². The van der Waals surface area contributed by atoms with Crippen LogP contribution in [0.1, 0.15) is 6.92 Å². The second-order valence-corrected chi connectivity index (χ2v) is 4.93. The summed E-state index contributed by atoms with van der Waals surface area (Å²) < 4.78 is 16.5. The SMILES string of the molecule is CC(=O)OCC(COc1ccccc1N)Oc1ccccc1N. The van der Waals surface area contributed by atoms with Crippen LogP contribution in [-0.2, 0) is 9.53 Å². The van der Waals surface area contributed by atoms with Crippen LogP contribution in [-0.4, -0.2) is 25.3 Å². The molecule has 0 radical (unpaired) electrons. The fourth-order valence-corrected chi connectivity index (χ4v) is 1.89. The van der Waals surface area contributed by atoms with Crippen molar-refractivity contribution in [2.75, 3.05) is 24.7 Å². The number of para-hydroxylation sites is 4. The minimum Gasteiger partial charge on any atom is -0.487 e. The van der Waals surface area contributed by atoms with E-state index in [4.69, 9.17) is 25.7 Å². The van der Waals surface area contributed by atoms with Gasteiger partial charge in [0.05, 0.1) is 11.4 Å². The number of anilines is 2. The van der Waals surface area contributed by atoms with Gasteiger partial charge in [-0.05, 0) is 24.3 Å². The van der Waals surface area contributed by atoms with Gasteiger partial charge < -0.3 is 25.7 Å². The highest BCUT2D eigenvalue weighted by molar-refractivity contribution is 5.65. The molecule has 2 rings (SSSR count). The maximum Gasteiger partial charge on any atom is 0.302 e. The molecule has 0 aliphatic carbocycles. The van der Waals surface area contributed by atoms with Gasteiger partial charge in [-0.1, -0.05) is 24.3 Å². The van der Waals surface area contributed by atoms with Crippen molar-refractivity contribution in [1.82, 2.24) is 0 Å². The first-order valence-electron chi connectivity index (χ1n) is 7.18. The quantitative estimate of drug-likeness (QED) is 0.600. The zero-order chi connectivity index (χ0) is 16.7. The van der Waals surface area contributed by atoms with E-state index in [1.54, 1.807) is 24.3 Å². The van der Waals surface area contributed by atoms with Crippen molar-refractivity contribution >= 4 is 17.3 Å². The van der Waals surface area contributed by atoms with Crippen LogP contribution in [0.2, 0.25) is 0 Å². The summed E-state index contributed by atoms with van der Waals surface area (Å²) in [5.41, 5.74) is 12.7. The molecule has 0 spiro atoms. The maximum atomic E-state index is 11.0. The Balaban J connectivity index is 2.03. The molecule has 0 saturated carbocycles. The molecule has 1 atom stereocenters. The first-order chi connectivity index (χ1) is 11.1. The largest absolute Gasteiger partial charge is 0.487 e. The molecule has 23 heavy (non-hydrogen) atoms. The number of esters is 1. The molecule has 4 N–H and O–H groups in total. The maximum absolute atomic E-state index is 11.0. The van der Waals surface area contributed by atoms with Gasteiger partial charge >= 0.3 is 5.97 Å². The van der Waals surface area contributed by atoms with Crippen molar-refractivity contribution in [2.24, 2.45) is 0 Å². The van der Waals surface area contributed by atoms with E-state index < -0.39 is 6.10 Å². The van der Waals surface area contributed by atoms with Crippen LogP contribution in [0.3, 0.4) is 0 Å². The van der Waals surface area contributed by atoms with Crippen LogP contribution in [0.15, 0.2) is 48.5 Å². The smallest absolute Gasteiger partial charge is 0.302 e. The summed E-state index contributed by atoms with van der Waals surface area (Å²) in [5.74, 6) is 0.665. The number of rotatable bonds is 7. The van der Waals surface area contributed by atoms with Crippen LogP contribution in [0, 0.1) is 0 Å². The molecule has 0 heterocycles. The Bertz CT molecular complexity index is 661. The number of nitrogen functional groups attached to an aromatic ring is 2. The standard InChI is InChI=1S/C17H20N2O4/c1-12(20)21-10-13(23-17-9-5-3-7-15(17)19)11-22-16-8-4-2-6-14(16)18/h2-9,13H,10-11,18-19H2,1H3. The molecule has 2 aromatic carbocycles. The Morgan fingerprint density at radius 3 is 2.09 bits per heavy atom. The van der Waals surface area contributed by atoms with Gasteiger partial charge in [0.25, 0.3) is 0 Å². The monoisotopic (exact) mass is 316 g/mol. The third-order valence-corrected chi connectivity index (χ3v) is 3.03. The molecule has 1 unspecified atom stereocenters. The third-order valence-electron chi connectivity index (χ3n) is 3.03. The highest BCUT2D eigenvalue weighted by Gasteiger charge is 2.16. The van der Waals surface area contributed by atoms with Gasteiger partial charge in [-0.3, -0.25) is 4.79 Å². The summed E-state index contributed by atoms with van der Waals surface area (Å²) in [6, 6.07) is 14.2. The predicted octanol–water partition coefficient (Wildman–Crippen LogP) is 2.24. The summed E-state index contributed by atoms with van der Waals surface area (Å²) >= 11 is 0. The zero-order valence-electron chi connectivity index (χ0n) is 12.9. The second kappa shape index (κ2) is 7.93. The summed E-state index contributed by atoms with van der Waals surface area (Å²) in [4.78, 5) is 11.0. The lowest BCUT2D eigenvalue weighted by Crippen LogP contribution is -2.31. The highest BCUT2D eigenvalue weighted by Crippen LogP contribution is 2.23. The van der Waals surface area contributed by atoms with Crippen molar-refractivity contribution < 1.29 is 19.0 Å². The minimum absolute atomic E-state index is 0.0520. The minimum atomic E-state index is -0.511. The fraction of sp³-hybridized carbons (Fsp3) is 0.235. The molecule has 6 heteroatoms. The summed E-state index contributed by atoms with van der Waals surface area (Å²) in [6.45, 7) is 1.55. The van der Waals surface area contributed by atoms with Crippen LogP contribution >= 0.6 is 0 Å². The molecule has 0 bridgehead atoms. The van der Waals surface area contributed by atoms with Crippen molar-refractivity contribution in [3.63, 3.8) is 0 Å². The molecule has 122 valence electrons. The van der Waals surface area contributed by atoms with Gasteiger partial charge in [-0.2, -0.15) is 0 Å². The van der Waals surface area contributed by atoms with E-state index >= 15 is 0 Å². The van der Waals surface area contributed by atoms with E-state index in [2.05, 4.69) is 0 Å². The predicted molar refractivity (Wildman–Crippen MR) is 88.3 cm³/mol. The average Bonchev–Trinajstić information content (AvgIpc) is 2.53. The van der Waals surface area contributed by atoms with E-state index in [1.807, 2.05) is 24.3 Å². The van der Waals surface area contributed by atoms with E-state index in [-0.39, 0.29) is 19.2 Å². The first-order valence-corrected chi connectivity index (χ1v) is 7.18. The summed E-state index contributed by atoms with van der Waals surface area (Å²) in [6.07, 6.45) is -0.511. The highest BCUT2D eigenvalue weighted by atomic mass is 16.6. The van der Waals surface area contributed by atoms with Crippen molar-refractivity contribution in [1.29, 1.82) is 0 Å². The Labute approximate surface area is 134 Å². The second-order valence-electron chi connectivity index (χ2n) is 4.93. The fourth-order valence-electron chi connectivity index (χ4n) is 1.89. The van der Waals surface area contributed by atoms with Crippen LogP contribution < -0.4 is 20.9 Å². The molecule has 0 aliphatic rings. The number of hydrogen-bond acceptors (Lipinski definition) is 6. The Morgan fingerprint density at radius 2 is 1.52 bits per heavy atom. The van der Waals surface area contributed by atoms with Crippen LogP contribution in [0.5, 0.6) is 11.5 Å². The number of benzene rings is 2. The molecular weight excluding hydrogens is 296 g/mol. The third kappa shape index (κ3) is 5.10. The first kappa shape index (κ1) is 16.5. The van der Waals surface area contributed by atoms with Gasteiger partial charge in [0.15, 0.2) is 6.10 Å². The lowest BCUT2D eigenvalue weighted by molar-refractivity contribution is -0.143. The Kier molecular flexibility index (Phi) is 5.68. The van der Waals surface area contributed by atoms with Crippen molar-refractivity contribution in [3.8, 4) is 11.5 Å². The zero-order valence-corrected chi connectivity index (χ0v) is 12.9. The Hall–Kier alpha value is -2.89. The van der Waals surface area contributed by atoms with Gasteiger partial charge in [0, 0.05) is 6.92 Å². The normalized spacial score (nSPS) is 11.5. The van der Waals surface area contributed by atoms with E-state index in [9.17, 15) is 4.79 Å². The molecule has 0 saturated heterocycles.